The number of fused-ring (bicyclic) bond motifs is 1. The molecule has 6 heteroatoms. The molecule has 2 aliphatic rings. The zero-order chi connectivity index (χ0) is 17.1. The van der Waals surface area contributed by atoms with Crippen molar-refractivity contribution in [2.45, 2.75) is 26.4 Å². The van der Waals surface area contributed by atoms with E-state index in [1.165, 1.54) is 0 Å². The minimum atomic E-state index is -0.578. The van der Waals surface area contributed by atoms with Gasteiger partial charge in [-0.1, -0.05) is 12.1 Å². The van der Waals surface area contributed by atoms with E-state index in [0.717, 1.165) is 13.0 Å². The van der Waals surface area contributed by atoms with Gasteiger partial charge in [0.1, 0.15) is 12.3 Å². The highest BCUT2D eigenvalue weighted by molar-refractivity contribution is 6.03. The van der Waals surface area contributed by atoms with Crippen molar-refractivity contribution in [3.05, 3.63) is 24.3 Å². The van der Waals surface area contributed by atoms with Gasteiger partial charge in [-0.25, -0.2) is 0 Å². The standard InChI is InChI=1S/C18H24N2O4/c1-3-19(10-14-8-9-23-12-14)17(21)11-20-15-6-4-5-7-16(15)24-13(2)18(20)22/h4-7,13-14H,3,8-12H2,1-2H3. The Hall–Kier alpha value is -2.08. The summed E-state index contributed by atoms with van der Waals surface area (Å²) in [5.74, 6) is 0.814. The van der Waals surface area contributed by atoms with Crippen molar-refractivity contribution in [3.8, 4) is 5.75 Å². The molecular weight excluding hydrogens is 308 g/mol. The number of nitrogens with zero attached hydrogens (tertiary/aromatic N) is 2. The number of anilines is 1. The number of carbonyl (C=O) groups is 2. The van der Waals surface area contributed by atoms with E-state index < -0.39 is 6.10 Å². The van der Waals surface area contributed by atoms with Gasteiger partial charge in [0.25, 0.3) is 5.91 Å². The number of carbonyl (C=O) groups excluding carboxylic acids is 2. The predicted molar refractivity (Wildman–Crippen MR) is 90.1 cm³/mol. The van der Waals surface area contributed by atoms with E-state index in [4.69, 9.17) is 9.47 Å². The minimum absolute atomic E-state index is 0.0401. The molecule has 1 aromatic rings. The molecule has 0 saturated carbocycles. The van der Waals surface area contributed by atoms with Gasteiger partial charge in [0.2, 0.25) is 5.91 Å². The number of para-hydroxylation sites is 2. The molecule has 2 atom stereocenters. The molecular formula is C18H24N2O4. The number of likely N-dealkylation sites (N-methyl/N-ethyl adjacent to an activating group) is 1. The molecule has 2 amide bonds. The van der Waals surface area contributed by atoms with Crippen LogP contribution in [-0.4, -0.2) is 55.7 Å². The quantitative estimate of drug-likeness (QED) is 0.823. The van der Waals surface area contributed by atoms with Crippen molar-refractivity contribution < 1.29 is 19.1 Å². The van der Waals surface area contributed by atoms with E-state index >= 15 is 0 Å². The molecule has 1 fully saturated rings. The van der Waals surface area contributed by atoms with Crippen molar-refractivity contribution in [1.29, 1.82) is 0 Å². The van der Waals surface area contributed by atoms with Crippen molar-refractivity contribution >= 4 is 17.5 Å². The summed E-state index contributed by atoms with van der Waals surface area (Å²) in [5.41, 5.74) is 0.661. The van der Waals surface area contributed by atoms with E-state index in [-0.39, 0.29) is 18.4 Å². The molecule has 0 aromatic heterocycles. The zero-order valence-corrected chi connectivity index (χ0v) is 14.2. The van der Waals surface area contributed by atoms with Crippen LogP contribution in [0.15, 0.2) is 24.3 Å². The Labute approximate surface area is 142 Å². The molecule has 3 rings (SSSR count). The first-order valence-corrected chi connectivity index (χ1v) is 8.52. The van der Waals surface area contributed by atoms with Crippen molar-refractivity contribution in [1.82, 2.24) is 4.90 Å². The molecule has 0 spiro atoms. The summed E-state index contributed by atoms with van der Waals surface area (Å²) in [6, 6.07) is 7.34. The van der Waals surface area contributed by atoms with Gasteiger partial charge in [-0.3, -0.25) is 14.5 Å². The molecule has 0 N–H and O–H groups in total. The summed E-state index contributed by atoms with van der Waals surface area (Å²) >= 11 is 0. The summed E-state index contributed by atoms with van der Waals surface area (Å²) in [6.45, 7) is 6.51. The van der Waals surface area contributed by atoms with Gasteiger partial charge < -0.3 is 14.4 Å². The van der Waals surface area contributed by atoms with Crippen LogP contribution < -0.4 is 9.64 Å². The lowest BCUT2D eigenvalue weighted by Crippen LogP contribution is -2.50. The highest BCUT2D eigenvalue weighted by atomic mass is 16.5. The number of ether oxygens (including phenoxy) is 2. The van der Waals surface area contributed by atoms with Crippen LogP contribution in [-0.2, 0) is 14.3 Å². The van der Waals surface area contributed by atoms with E-state index in [2.05, 4.69) is 0 Å². The normalized spacial score (nSPS) is 22.9. The van der Waals surface area contributed by atoms with Crippen LogP contribution in [0.1, 0.15) is 20.3 Å². The van der Waals surface area contributed by atoms with Crippen molar-refractivity contribution in [2.24, 2.45) is 5.92 Å². The van der Waals surface area contributed by atoms with Crippen LogP contribution in [0.3, 0.4) is 0 Å². The first-order valence-electron chi connectivity index (χ1n) is 8.52. The Morgan fingerprint density at radius 2 is 2.17 bits per heavy atom. The molecule has 0 radical (unpaired) electrons. The summed E-state index contributed by atoms with van der Waals surface area (Å²) in [4.78, 5) is 28.6. The van der Waals surface area contributed by atoms with Crippen molar-refractivity contribution in [3.63, 3.8) is 0 Å². The van der Waals surface area contributed by atoms with Gasteiger partial charge in [0.15, 0.2) is 6.10 Å². The maximum atomic E-state index is 12.7. The van der Waals surface area contributed by atoms with Crippen LogP contribution in [0.2, 0.25) is 0 Å². The van der Waals surface area contributed by atoms with Gasteiger partial charge in [0, 0.05) is 25.6 Å². The Morgan fingerprint density at radius 3 is 2.88 bits per heavy atom. The lowest BCUT2D eigenvalue weighted by atomic mass is 10.1. The number of hydrogen-bond donors (Lipinski definition) is 0. The van der Waals surface area contributed by atoms with E-state index in [0.29, 0.717) is 37.1 Å². The fourth-order valence-electron chi connectivity index (χ4n) is 3.20. The van der Waals surface area contributed by atoms with Crippen LogP contribution in [0.4, 0.5) is 5.69 Å². The fourth-order valence-corrected chi connectivity index (χ4v) is 3.20. The van der Waals surface area contributed by atoms with Gasteiger partial charge in [-0.15, -0.1) is 0 Å². The summed E-state index contributed by atoms with van der Waals surface area (Å²) in [6.07, 6.45) is 0.408. The number of rotatable bonds is 5. The Bertz CT molecular complexity index is 613. The molecule has 0 aliphatic carbocycles. The van der Waals surface area contributed by atoms with Gasteiger partial charge in [0.05, 0.1) is 12.3 Å². The lowest BCUT2D eigenvalue weighted by molar-refractivity contribution is -0.133. The molecule has 1 saturated heterocycles. The number of benzene rings is 1. The molecule has 2 unspecified atom stereocenters. The van der Waals surface area contributed by atoms with E-state index in [9.17, 15) is 9.59 Å². The summed E-state index contributed by atoms with van der Waals surface area (Å²) in [7, 11) is 0. The van der Waals surface area contributed by atoms with Gasteiger partial charge >= 0.3 is 0 Å². The predicted octanol–water partition coefficient (Wildman–Crippen LogP) is 1.69. The minimum Gasteiger partial charge on any atom is -0.479 e. The molecule has 1 aromatic carbocycles. The maximum absolute atomic E-state index is 12.7. The molecule has 6 nitrogen and oxygen atoms in total. The Balaban J connectivity index is 1.73. The summed E-state index contributed by atoms with van der Waals surface area (Å²) in [5, 5.41) is 0. The second-order valence-electron chi connectivity index (χ2n) is 6.31. The second kappa shape index (κ2) is 7.21. The maximum Gasteiger partial charge on any atom is 0.268 e. The first-order chi connectivity index (χ1) is 11.6. The van der Waals surface area contributed by atoms with Crippen LogP contribution in [0.25, 0.3) is 0 Å². The average Bonchev–Trinajstić information content (AvgIpc) is 3.09. The molecule has 2 heterocycles. The zero-order valence-electron chi connectivity index (χ0n) is 14.2. The average molecular weight is 332 g/mol. The van der Waals surface area contributed by atoms with Gasteiger partial charge in [-0.05, 0) is 32.4 Å². The third-order valence-corrected chi connectivity index (χ3v) is 4.60. The first kappa shape index (κ1) is 16.8. The molecule has 0 bridgehead atoms. The smallest absolute Gasteiger partial charge is 0.268 e. The fraction of sp³-hybridized carbons (Fsp3) is 0.556. The third-order valence-electron chi connectivity index (χ3n) is 4.60. The molecule has 2 aliphatic heterocycles. The lowest BCUT2D eigenvalue weighted by Gasteiger charge is -2.34. The second-order valence-corrected chi connectivity index (χ2v) is 6.31. The largest absolute Gasteiger partial charge is 0.479 e. The number of amides is 2. The topological polar surface area (TPSA) is 59.1 Å². The molecule has 130 valence electrons. The monoisotopic (exact) mass is 332 g/mol. The highest BCUT2D eigenvalue weighted by Gasteiger charge is 2.33. The molecule has 24 heavy (non-hydrogen) atoms. The Kier molecular flexibility index (Phi) is 5.04. The van der Waals surface area contributed by atoms with Gasteiger partial charge in [-0.2, -0.15) is 0 Å². The SMILES string of the molecule is CCN(CC1CCOC1)C(=O)CN1C(=O)C(C)Oc2ccccc21. The van der Waals surface area contributed by atoms with Crippen LogP contribution in [0.5, 0.6) is 5.75 Å². The van der Waals surface area contributed by atoms with E-state index in [1.54, 1.807) is 11.8 Å². The summed E-state index contributed by atoms with van der Waals surface area (Å²) < 4.78 is 11.0. The van der Waals surface area contributed by atoms with E-state index in [1.807, 2.05) is 36.1 Å². The van der Waals surface area contributed by atoms with Crippen molar-refractivity contribution in [2.75, 3.05) is 37.7 Å². The third kappa shape index (κ3) is 3.38. The number of hydrogen-bond acceptors (Lipinski definition) is 4. The van der Waals surface area contributed by atoms with Crippen LogP contribution >= 0.6 is 0 Å². The highest BCUT2D eigenvalue weighted by Crippen LogP contribution is 2.33. The Morgan fingerprint density at radius 1 is 1.38 bits per heavy atom. The van der Waals surface area contributed by atoms with Crippen LogP contribution in [0, 0.1) is 5.92 Å².